The Morgan fingerprint density at radius 2 is 1.91 bits per heavy atom. The van der Waals surface area contributed by atoms with Gasteiger partial charge >= 0.3 is 5.97 Å². The minimum atomic E-state index is -1.03. The summed E-state index contributed by atoms with van der Waals surface area (Å²) in [6.45, 7) is 0. The molecule has 0 saturated carbocycles. The highest BCUT2D eigenvalue weighted by Crippen LogP contribution is 2.16. The maximum atomic E-state index is 12.1. The Balaban J connectivity index is 1.98. The van der Waals surface area contributed by atoms with Crippen molar-refractivity contribution in [2.45, 2.75) is 31.7 Å². The molecule has 0 bridgehead atoms. The minimum absolute atomic E-state index is 0.157. The normalized spacial score (nSPS) is 11.6. The number of carbonyl (C=O) groups excluding carboxylic acids is 1. The summed E-state index contributed by atoms with van der Waals surface area (Å²) in [6.07, 6.45) is 6.73. The summed E-state index contributed by atoms with van der Waals surface area (Å²) >= 11 is 0. The quantitative estimate of drug-likeness (QED) is 0.610. The van der Waals surface area contributed by atoms with Crippen molar-refractivity contribution in [3.8, 4) is 12.3 Å². The molecule has 2 aromatic carbocycles. The van der Waals surface area contributed by atoms with Gasteiger partial charge < -0.3 is 10.4 Å². The molecule has 2 N–H and O–H groups in total. The van der Waals surface area contributed by atoms with Crippen LogP contribution in [0, 0.1) is 12.3 Å². The summed E-state index contributed by atoms with van der Waals surface area (Å²) in [5.74, 6) is 1.14. The van der Waals surface area contributed by atoms with Crippen molar-refractivity contribution in [2.75, 3.05) is 0 Å². The number of benzene rings is 2. The van der Waals surface area contributed by atoms with Crippen LogP contribution in [0.5, 0.6) is 0 Å². The summed E-state index contributed by atoms with van der Waals surface area (Å²) in [6, 6.07) is 12.8. The fourth-order valence-electron chi connectivity index (χ4n) is 2.45. The van der Waals surface area contributed by atoms with Gasteiger partial charge in [0.1, 0.15) is 6.04 Å². The first-order chi connectivity index (χ1) is 11.1. The van der Waals surface area contributed by atoms with E-state index in [2.05, 4.69) is 11.2 Å². The van der Waals surface area contributed by atoms with E-state index in [1.165, 1.54) is 0 Å². The Morgan fingerprint density at radius 1 is 1.17 bits per heavy atom. The number of hydrogen-bond donors (Lipinski definition) is 2. The molecule has 0 saturated heterocycles. The zero-order valence-corrected chi connectivity index (χ0v) is 12.8. The summed E-state index contributed by atoms with van der Waals surface area (Å²) in [7, 11) is 0. The second kappa shape index (κ2) is 8.00. The van der Waals surface area contributed by atoms with E-state index in [4.69, 9.17) is 11.5 Å². The van der Waals surface area contributed by atoms with Crippen LogP contribution in [0.3, 0.4) is 0 Å². The van der Waals surface area contributed by atoms with Crippen LogP contribution < -0.4 is 5.32 Å². The predicted octanol–water partition coefficient (Wildman–Crippen LogP) is 2.76. The Morgan fingerprint density at radius 3 is 2.61 bits per heavy atom. The molecule has 1 atom stereocenters. The van der Waals surface area contributed by atoms with E-state index in [9.17, 15) is 9.59 Å². The van der Waals surface area contributed by atoms with Gasteiger partial charge in [-0.3, -0.25) is 4.79 Å². The van der Waals surface area contributed by atoms with Crippen LogP contribution in [0.4, 0.5) is 0 Å². The lowest BCUT2D eigenvalue weighted by Crippen LogP contribution is -2.41. The Bertz CT molecular complexity index is 746. The number of carboxylic acids is 1. The van der Waals surface area contributed by atoms with E-state index in [0.717, 1.165) is 16.3 Å². The average molecular weight is 309 g/mol. The zero-order valence-electron chi connectivity index (χ0n) is 12.8. The van der Waals surface area contributed by atoms with Crippen LogP contribution in [0.1, 0.15) is 24.8 Å². The van der Waals surface area contributed by atoms with E-state index in [1.54, 1.807) is 0 Å². The summed E-state index contributed by atoms with van der Waals surface area (Å²) in [5, 5.41) is 13.9. The predicted molar refractivity (Wildman–Crippen MR) is 89.9 cm³/mol. The molecule has 0 heterocycles. The van der Waals surface area contributed by atoms with Gasteiger partial charge in [0, 0.05) is 6.42 Å². The fourth-order valence-corrected chi connectivity index (χ4v) is 2.45. The van der Waals surface area contributed by atoms with E-state index >= 15 is 0 Å². The third kappa shape index (κ3) is 4.86. The Hall–Kier alpha value is -2.80. The van der Waals surface area contributed by atoms with Crippen LogP contribution >= 0.6 is 0 Å². The number of carbonyl (C=O) groups is 2. The molecular formula is C19H19NO3. The van der Waals surface area contributed by atoms with E-state index in [-0.39, 0.29) is 12.3 Å². The molecule has 1 amide bonds. The lowest BCUT2D eigenvalue weighted by Gasteiger charge is -2.14. The number of rotatable bonds is 7. The van der Waals surface area contributed by atoms with Crippen LogP contribution in [-0.2, 0) is 16.0 Å². The Labute approximate surface area is 135 Å². The van der Waals surface area contributed by atoms with Gasteiger partial charge in [-0.15, -0.1) is 12.3 Å². The van der Waals surface area contributed by atoms with Crippen molar-refractivity contribution in [1.82, 2.24) is 5.32 Å². The molecule has 0 spiro atoms. The largest absolute Gasteiger partial charge is 0.480 e. The second-order valence-corrected chi connectivity index (χ2v) is 5.41. The number of terminal acetylenes is 1. The number of carboxylic acid groups (broad SMARTS) is 1. The molecule has 0 aromatic heterocycles. The third-order valence-electron chi connectivity index (χ3n) is 3.63. The molecular weight excluding hydrogens is 290 g/mol. The van der Waals surface area contributed by atoms with Crippen molar-refractivity contribution >= 4 is 22.6 Å². The molecule has 118 valence electrons. The number of amides is 1. The summed E-state index contributed by atoms with van der Waals surface area (Å²) in [5.41, 5.74) is 0.856. The lowest BCUT2D eigenvalue weighted by molar-refractivity contribution is -0.141. The van der Waals surface area contributed by atoms with Gasteiger partial charge in [0.25, 0.3) is 0 Å². The van der Waals surface area contributed by atoms with E-state index < -0.39 is 12.0 Å². The average Bonchev–Trinajstić information content (AvgIpc) is 2.54. The Kier molecular flexibility index (Phi) is 5.76. The molecule has 0 aliphatic carbocycles. The number of unbranched alkanes of at least 4 members (excludes halogenated alkanes) is 1. The van der Waals surface area contributed by atoms with Gasteiger partial charge in [-0.2, -0.15) is 0 Å². The van der Waals surface area contributed by atoms with Crippen molar-refractivity contribution in [2.24, 2.45) is 0 Å². The monoisotopic (exact) mass is 309 g/mol. The van der Waals surface area contributed by atoms with E-state index in [1.807, 2.05) is 42.5 Å². The molecule has 2 aromatic rings. The second-order valence-electron chi connectivity index (χ2n) is 5.41. The highest BCUT2D eigenvalue weighted by Gasteiger charge is 2.19. The highest BCUT2D eigenvalue weighted by molar-refractivity contribution is 5.87. The van der Waals surface area contributed by atoms with Crippen LogP contribution in [0.25, 0.3) is 10.8 Å². The minimum Gasteiger partial charge on any atom is -0.480 e. The van der Waals surface area contributed by atoms with Gasteiger partial charge in [0.2, 0.25) is 5.91 Å². The molecule has 2 rings (SSSR count). The third-order valence-corrected chi connectivity index (χ3v) is 3.63. The number of aliphatic carboxylic acids is 1. The maximum absolute atomic E-state index is 12.1. The smallest absolute Gasteiger partial charge is 0.326 e. The zero-order chi connectivity index (χ0) is 16.7. The first-order valence-electron chi connectivity index (χ1n) is 7.53. The van der Waals surface area contributed by atoms with Gasteiger partial charge in [0.15, 0.2) is 0 Å². The van der Waals surface area contributed by atoms with Crippen LogP contribution in [-0.4, -0.2) is 23.0 Å². The molecule has 0 aliphatic rings. The van der Waals surface area contributed by atoms with Gasteiger partial charge in [0.05, 0.1) is 6.42 Å². The van der Waals surface area contributed by atoms with Crippen molar-refractivity contribution in [1.29, 1.82) is 0 Å². The summed E-state index contributed by atoms with van der Waals surface area (Å²) < 4.78 is 0. The molecule has 0 radical (unpaired) electrons. The van der Waals surface area contributed by atoms with Crippen LogP contribution in [0.2, 0.25) is 0 Å². The molecule has 4 heteroatoms. The number of nitrogens with one attached hydrogen (secondary N) is 1. The first-order valence-corrected chi connectivity index (χ1v) is 7.53. The van der Waals surface area contributed by atoms with Gasteiger partial charge in [-0.25, -0.2) is 4.79 Å². The topological polar surface area (TPSA) is 66.4 Å². The van der Waals surface area contributed by atoms with Gasteiger partial charge in [-0.05, 0) is 29.2 Å². The number of fused-ring (bicyclic) bond motifs is 1. The van der Waals surface area contributed by atoms with E-state index in [0.29, 0.717) is 19.3 Å². The highest BCUT2D eigenvalue weighted by atomic mass is 16.4. The molecule has 4 nitrogen and oxygen atoms in total. The van der Waals surface area contributed by atoms with Crippen LogP contribution in [0.15, 0.2) is 42.5 Å². The lowest BCUT2D eigenvalue weighted by atomic mass is 10.0. The fraction of sp³-hybridized carbons (Fsp3) is 0.263. The molecule has 0 unspecified atom stereocenters. The van der Waals surface area contributed by atoms with Crippen molar-refractivity contribution in [3.05, 3.63) is 48.0 Å². The summed E-state index contributed by atoms with van der Waals surface area (Å²) in [4.78, 5) is 23.3. The van der Waals surface area contributed by atoms with Crippen molar-refractivity contribution in [3.63, 3.8) is 0 Å². The van der Waals surface area contributed by atoms with Gasteiger partial charge in [-0.1, -0.05) is 42.5 Å². The molecule has 0 aliphatic heterocycles. The molecule has 0 fully saturated rings. The van der Waals surface area contributed by atoms with Crippen molar-refractivity contribution < 1.29 is 14.7 Å². The SMILES string of the molecule is C#CCCC[C@@H](NC(=O)Cc1ccc2ccccc2c1)C(=O)O. The first kappa shape index (κ1) is 16.6. The molecule has 23 heavy (non-hydrogen) atoms. The number of hydrogen-bond acceptors (Lipinski definition) is 2. The maximum Gasteiger partial charge on any atom is 0.326 e. The standard InChI is InChI=1S/C19H19NO3/c1-2-3-4-9-17(19(22)23)20-18(21)13-14-10-11-15-7-5-6-8-16(15)12-14/h1,5-8,10-12,17H,3-4,9,13H2,(H,20,21)(H,22,23)/t17-/m1/s1.